The summed E-state index contributed by atoms with van der Waals surface area (Å²) in [5.41, 5.74) is 2.90. The van der Waals surface area contributed by atoms with Crippen molar-refractivity contribution < 1.29 is 0 Å². The summed E-state index contributed by atoms with van der Waals surface area (Å²) < 4.78 is 0. The third-order valence-corrected chi connectivity index (χ3v) is 3.42. The highest BCUT2D eigenvalue weighted by molar-refractivity contribution is 5.25. The quantitative estimate of drug-likeness (QED) is 0.759. The second-order valence-corrected chi connectivity index (χ2v) is 4.64. The molecule has 1 atom stereocenters. The van der Waals surface area contributed by atoms with E-state index in [0.29, 0.717) is 0 Å². The minimum atomic E-state index is 0.827. The van der Waals surface area contributed by atoms with Gasteiger partial charge in [-0.2, -0.15) is 5.10 Å². The Balaban J connectivity index is 1.71. The molecule has 1 aromatic heterocycles. The summed E-state index contributed by atoms with van der Waals surface area (Å²) in [6.45, 7) is 2.38. The second-order valence-electron chi connectivity index (χ2n) is 4.64. The highest BCUT2D eigenvalue weighted by atomic mass is 15.1. The Morgan fingerprint density at radius 2 is 2.29 bits per heavy atom. The highest BCUT2D eigenvalue weighted by Crippen LogP contribution is 2.41. The summed E-state index contributed by atoms with van der Waals surface area (Å²) in [6.07, 6.45) is 7.29. The van der Waals surface area contributed by atoms with Gasteiger partial charge in [0.15, 0.2) is 0 Å². The van der Waals surface area contributed by atoms with Crippen LogP contribution in [-0.4, -0.2) is 23.3 Å². The first-order valence-corrected chi connectivity index (χ1v) is 5.66. The number of hydrogen-bond acceptors (Lipinski definition) is 2. The van der Waals surface area contributed by atoms with Crippen molar-refractivity contribution in [1.82, 2.24) is 15.5 Å². The molecule has 3 heteroatoms. The van der Waals surface area contributed by atoms with Gasteiger partial charge >= 0.3 is 0 Å². The van der Waals surface area contributed by atoms with E-state index < -0.39 is 0 Å². The van der Waals surface area contributed by atoms with Crippen LogP contribution >= 0.6 is 0 Å². The number of H-pyrrole nitrogens is 1. The Labute approximate surface area is 84.3 Å². The maximum Gasteiger partial charge on any atom is 0.0524 e. The largest absolute Gasteiger partial charge is 0.316 e. The first-order valence-electron chi connectivity index (χ1n) is 5.66. The van der Waals surface area contributed by atoms with Gasteiger partial charge in [-0.15, -0.1) is 0 Å². The summed E-state index contributed by atoms with van der Waals surface area (Å²) in [5, 5.41) is 10.8. The fourth-order valence-corrected chi connectivity index (χ4v) is 2.41. The van der Waals surface area contributed by atoms with Crippen molar-refractivity contribution in [3.8, 4) is 0 Å². The molecule has 1 saturated carbocycles. The van der Waals surface area contributed by atoms with E-state index in [1.807, 2.05) is 6.20 Å². The molecular formula is C11H17N3. The van der Waals surface area contributed by atoms with Crippen LogP contribution in [0.5, 0.6) is 0 Å². The van der Waals surface area contributed by atoms with E-state index >= 15 is 0 Å². The minimum Gasteiger partial charge on any atom is -0.316 e. The Morgan fingerprint density at radius 1 is 1.36 bits per heavy atom. The van der Waals surface area contributed by atoms with Crippen LogP contribution in [0.1, 0.15) is 36.4 Å². The lowest BCUT2D eigenvalue weighted by Gasteiger charge is -2.07. The fourth-order valence-electron chi connectivity index (χ4n) is 2.41. The number of aromatic nitrogens is 2. The predicted molar refractivity (Wildman–Crippen MR) is 55.2 cm³/mol. The minimum absolute atomic E-state index is 0.827. The molecule has 1 aromatic rings. The Morgan fingerprint density at radius 3 is 3.00 bits per heavy atom. The van der Waals surface area contributed by atoms with Gasteiger partial charge in [-0.3, -0.25) is 5.10 Å². The van der Waals surface area contributed by atoms with Crippen LogP contribution in [0.4, 0.5) is 0 Å². The molecule has 1 unspecified atom stereocenters. The van der Waals surface area contributed by atoms with Crippen LogP contribution in [0.15, 0.2) is 6.20 Å². The first-order chi connectivity index (χ1) is 6.93. The lowest BCUT2D eigenvalue weighted by atomic mass is 9.99. The molecule has 3 rings (SSSR count). The molecule has 2 fully saturated rings. The van der Waals surface area contributed by atoms with E-state index in [9.17, 15) is 0 Å². The molecule has 0 aromatic carbocycles. The molecule has 1 saturated heterocycles. The van der Waals surface area contributed by atoms with Crippen molar-refractivity contribution in [3.05, 3.63) is 17.5 Å². The predicted octanol–water partition coefficient (Wildman–Crippen LogP) is 1.44. The molecule has 0 amide bonds. The highest BCUT2D eigenvalue weighted by Gasteiger charge is 2.28. The Hall–Kier alpha value is -0.830. The summed E-state index contributed by atoms with van der Waals surface area (Å²) >= 11 is 0. The van der Waals surface area contributed by atoms with Crippen molar-refractivity contribution in [1.29, 1.82) is 0 Å². The van der Waals surface area contributed by atoms with E-state index in [2.05, 4.69) is 15.5 Å². The van der Waals surface area contributed by atoms with Crippen LogP contribution < -0.4 is 5.32 Å². The van der Waals surface area contributed by atoms with Gasteiger partial charge < -0.3 is 5.32 Å². The average Bonchev–Trinajstić information content (AvgIpc) is 2.74. The monoisotopic (exact) mass is 191 g/mol. The van der Waals surface area contributed by atoms with Crippen LogP contribution in [0.2, 0.25) is 0 Å². The normalized spacial score (nSPS) is 27.0. The molecular weight excluding hydrogens is 174 g/mol. The number of aromatic amines is 1. The van der Waals surface area contributed by atoms with Crippen molar-refractivity contribution in [2.75, 3.05) is 13.1 Å². The van der Waals surface area contributed by atoms with Gasteiger partial charge in [0.2, 0.25) is 0 Å². The Bertz CT molecular complexity index is 308. The van der Waals surface area contributed by atoms with Gasteiger partial charge in [-0.25, -0.2) is 0 Å². The molecule has 2 heterocycles. The van der Waals surface area contributed by atoms with Crippen LogP contribution in [0.3, 0.4) is 0 Å². The summed E-state index contributed by atoms with van der Waals surface area (Å²) in [7, 11) is 0. The zero-order valence-electron chi connectivity index (χ0n) is 8.42. The number of rotatable bonds is 3. The van der Waals surface area contributed by atoms with E-state index in [1.54, 1.807) is 0 Å². The lowest BCUT2D eigenvalue weighted by molar-refractivity contribution is 0.568. The molecule has 3 nitrogen and oxygen atoms in total. The van der Waals surface area contributed by atoms with E-state index in [1.165, 1.54) is 50.0 Å². The maximum absolute atomic E-state index is 4.18. The zero-order chi connectivity index (χ0) is 9.38. The number of nitrogens with one attached hydrogen (secondary N) is 2. The summed E-state index contributed by atoms with van der Waals surface area (Å²) in [5.74, 6) is 1.66. The second kappa shape index (κ2) is 3.39. The van der Waals surface area contributed by atoms with Crippen LogP contribution in [0, 0.1) is 5.92 Å². The molecule has 0 radical (unpaired) electrons. The first kappa shape index (κ1) is 8.48. The van der Waals surface area contributed by atoms with Crippen molar-refractivity contribution in [3.63, 3.8) is 0 Å². The number of nitrogens with zero attached hydrogens (tertiary/aromatic N) is 1. The van der Waals surface area contributed by atoms with Crippen molar-refractivity contribution in [2.24, 2.45) is 5.92 Å². The fraction of sp³-hybridized carbons (Fsp3) is 0.727. The van der Waals surface area contributed by atoms with E-state index in [0.717, 1.165) is 11.8 Å². The Kier molecular flexibility index (Phi) is 2.05. The molecule has 14 heavy (non-hydrogen) atoms. The molecule has 2 N–H and O–H groups in total. The molecule has 0 spiro atoms. The van der Waals surface area contributed by atoms with Gasteiger partial charge in [0, 0.05) is 5.69 Å². The molecule has 0 bridgehead atoms. The third kappa shape index (κ3) is 1.57. The van der Waals surface area contributed by atoms with Gasteiger partial charge in [0.1, 0.15) is 0 Å². The van der Waals surface area contributed by atoms with Crippen molar-refractivity contribution in [2.45, 2.75) is 31.6 Å². The molecule has 1 aliphatic carbocycles. The van der Waals surface area contributed by atoms with Crippen molar-refractivity contribution >= 4 is 0 Å². The summed E-state index contributed by atoms with van der Waals surface area (Å²) in [6, 6.07) is 0. The lowest BCUT2D eigenvalue weighted by Crippen LogP contribution is -2.11. The van der Waals surface area contributed by atoms with Gasteiger partial charge in [0.25, 0.3) is 0 Å². The smallest absolute Gasteiger partial charge is 0.0524 e. The van der Waals surface area contributed by atoms with E-state index in [4.69, 9.17) is 0 Å². The average molecular weight is 191 g/mol. The SMILES string of the molecule is c1n[nH]c(CC2CCNC2)c1C1CC1. The number of hydrogen-bond donors (Lipinski definition) is 2. The molecule has 1 aliphatic heterocycles. The van der Waals surface area contributed by atoms with E-state index in [-0.39, 0.29) is 0 Å². The third-order valence-electron chi connectivity index (χ3n) is 3.42. The van der Waals surface area contributed by atoms with Gasteiger partial charge in [-0.05, 0) is 56.2 Å². The van der Waals surface area contributed by atoms with Crippen LogP contribution in [-0.2, 0) is 6.42 Å². The summed E-state index contributed by atoms with van der Waals surface area (Å²) in [4.78, 5) is 0. The van der Waals surface area contributed by atoms with Gasteiger partial charge in [0.05, 0.1) is 6.20 Å². The zero-order valence-corrected chi connectivity index (χ0v) is 8.42. The standard InChI is InChI=1S/C11H17N3/c1-2-9(1)10-7-13-14-11(10)5-8-3-4-12-6-8/h7-9,12H,1-6H2,(H,13,14). The topological polar surface area (TPSA) is 40.7 Å². The molecule has 76 valence electrons. The van der Waals surface area contributed by atoms with Gasteiger partial charge in [-0.1, -0.05) is 0 Å². The molecule has 2 aliphatic rings. The maximum atomic E-state index is 4.18. The van der Waals surface area contributed by atoms with Crippen LogP contribution in [0.25, 0.3) is 0 Å².